The van der Waals surface area contributed by atoms with Crippen LogP contribution in [0.1, 0.15) is 23.7 Å². The van der Waals surface area contributed by atoms with Gasteiger partial charge in [0.15, 0.2) is 5.13 Å². The second-order valence-electron chi connectivity index (χ2n) is 6.68. The molecule has 1 heterocycles. The monoisotopic (exact) mass is 463 g/mol. The lowest BCUT2D eigenvalue weighted by Crippen LogP contribution is -2.31. The number of nitrogens with zero attached hydrogens (tertiary/aromatic N) is 2. The fourth-order valence-electron chi connectivity index (χ4n) is 2.93. The number of anilines is 1. The van der Waals surface area contributed by atoms with Crippen molar-refractivity contribution < 1.29 is 13.2 Å². The highest BCUT2D eigenvalue weighted by Gasteiger charge is 2.21. The summed E-state index contributed by atoms with van der Waals surface area (Å²) in [5, 5.41) is 2.28. The quantitative estimate of drug-likeness (QED) is 0.533. The van der Waals surface area contributed by atoms with Crippen molar-refractivity contribution in [3.05, 3.63) is 75.8 Å². The highest BCUT2D eigenvalue weighted by molar-refractivity contribution is 7.93. The van der Waals surface area contributed by atoms with Crippen LogP contribution in [0.4, 0.5) is 5.13 Å². The summed E-state index contributed by atoms with van der Waals surface area (Å²) in [6.07, 6.45) is 0.106. The summed E-state index contributed by atoms with van der Waals surface area (Å²) >= 11 is 7.18. The molecule has 0 bridgehead atoms. The molecule has 1 aromatic heterocycles. The molecule has 0 aliphatic rings. The number of likely N-dealkylation sites (N-methyl/N-ethyl adjacent to an activating group) is 1. The number of amides is 1. The van der Waals surface area contributed by atoms with Crippen molar-refractivity contribution >= 4 is 44.0 Å². The minimum absolute atomic E-state index is 0.0632. The van der Waals surface area contributed by atoms with Crippen molar-refractivity contribution in [3.8, 4) is 0 Å². The maximum atomic E-state index is 12.7. The molecule has 1 N–H and O–H groups in total. The molecule has 0 atom stereocenters. The van der Waals surface area contributed by atoms with Crippen LogP contribution in [0.3, 0.4) is 0 Å². The summed E-state index contributed by atoms with van der Waals surface area (Å²) in [4.78, 5) is 18.8. The van der Waals surface area contributed by atoms with Crippen LogP contribution in [0, 0.1) is 6.92 Å². The van der Waals surface area contributed by atoms with Gasteiger partial charge in [0, 0.05) is 23.5 Å². The van der Waals surface area contributed by atoms with E-state index in [4.69, 9.17) is 11.6 Å². The lowest BCUT2D eigenvalue weighted by molar-refractivity contribution is -0.130. The topological polar surface area (TPSA) is 79.4 Å². The molecule has 1 amide bonds. The first kappa shape index (κ1) is 22.3. The van der Waals surface area contributed by atoms with Gasteiger partial charge >= 0.3 is 0 Å². The Hall–Kier alpha value is -2.42. The Morgan fingerprint density at radius 2 is 1.90 bits per heavy atom. The predicted octanol–water partition coefficient (Wildman–Crippen LogP) is 4.50. The number of nitrogens with one attached hydrogen (secondary N) is 1. The van der Waals surface area contributed by atoms with Crippen molar-refractivity contribution in [2.24, 2.45) is 0 Å². The van der Waals surface area contributed by atoms with Gasteiger partial charge in [0.05, 0.1) is 17.0 Å². The third kappa shape index (κ3) is 5.38. The smallest absolute Gasteiger partial charge is 0.263 e. The third-order valence-electron chi connectivity index (χ3n) is 4.56. The van der Waals surface area contributed by atoms with E-state index < -0.39 is 10.0 Å². The maximum absolute atomic E-state index is 12.7. The van der Waals surface area contributed by atoms with E-state index in [-0.39, 0.29) is 22.4 Å². The summed E-state index contributed by atoms with van der Waals surface area (Å²) in [6, 6.07) is 14.5. The first-order valence-electron chi connectivity index (χ1n) is 9.34. The standard InChI is InChI=1S/C21H22ClN3O3S2/c1-3-25(13-16-8-5-4-6-9-16)20(26)12-17-14-29-21(23-17)24-30(27,28)19-11-7-10-18(22)15(19)2/h4-11,14H,3,12-13H2,1-2H3,(H,23,24). The normalized spacial score (nSPS) is 11.3. The third-order valence-corrected chi connectivity index (χ3v) is 7.39. The van der Waals surface area contributed by atoms with Crippen molar-refractivity contribution in [1.29, 1.82) is 0 Å². The molecule has 0 fully saturated rings. The van der Waals surface area contributed by atoms with E-state index in [0.29, 0.717) is 29.4 Å². The minimum atomic E-state index is -3.83. The van der Waals surface area contributed by atoms with E-state index in [1.54, 1.807) is 29.3 Å². The van der Waals surface area contributed by atoms with E-state index in [2.05, 4.69) is 9.71 Å². The van der Waals surface area contributed by atoms with E-state index in [9.17, 15) is 13.2 Å². The number of hydrogen-bond donors (Lipinski definition) is 1. The molecule has 9 heteroatoms. The van der Waals surface area contributed by atoms with Gasteiger partial charge in [-0.05, 0) is 37.1 Å². The average Bonchev–Trinajstić information content (AvgIpc) is 3.14. The van der Waals surface area contributed by atoms with Crippen molar-refractivity contribution in [2.75, 3.05) is 11.3 Å². The Morgan fingerprint density at radius 3 is 2.60 bits per heavy atom. The number of carbonyl (C=O) groups excluding carboxylic acids is 1. The summed E-state index contributed by atoms with van der Waals surface area (Å²) < 4.78 is 27.8. The lowest BCUT2D eigenvalue weighted by atomic mass is 10.2. The van der Waals surface area contributed by atoms with Gasteiger partial charge in [0.1, 0.15) is 0 Å². The van der Waals surface area contributed by atoms with Gasteiger partial charge < -0.3 is 4.90 Å². The maximum Gasteiger partial charge on any atom is 0.263 e. The Morgan fingerprint density at radius 1 is 1.17 bits per heavy atom. The van der Waals surface area contributed by atoms with Crippen LogP contribution in [0.25, 0.3) is 0 Å². The molecule has 0 aliphatic heterocycles. The van der Waals surface area contributed by atoms with Crippen LogP contribution in [0.2, 0.25) is 5.02 Å². The molecule has 0 unspecified atom stereocenters. The lowest BCUT2D eigenvalue weighted by Gasteiger charge is -2.20. The van der Waals surface area contributed by atoms with Crippen molar-refractivity contribution in [2.45, 2.75) is 31.7 Å². The van der Waals surface area contributed by atoms with Gasteiger partial charge in [-0.3, -0.25) is 9.52 Å². The second-order valence-corrected chi connectivity index (χ2v) is 9.60. The molecule has 6 nitrogen and oxygen atoms in total. The number of benzene rings is 2. The number of carbonyl (C=O) groups is 1. The Bertz CT molecular complexity index is 1130. The fourth-order valence-corrected chi connectivity index (χ4v) is 5.39. The minimum Gasteiger partial charge on any atom is -0.338 e. The van der Waals surface area contributed by atoms with Crippen LogP contribution in [-0.4, -0.2) is 30.8 Å². The Labute approximate surface area is 185 Å². The molecular formula is C21H22ClN3O3S2. The highest BCUT2D eigenvalue weighted by atomic mass is 35.5. The molecule has 0 radical (unpaired) electrons. The fraction of sp³-hybridized carbons (Fsp3) is 0.238. The van der Waals surface area contributed by atoms with Crippen LogP contribution in [0.15, 0.2) is 58.8 Å². The number of thiazole rings is 1. The van der Waals surface area contributed by atoms with Crippen LogP contribution in [-0.2, 0) is 27.8 Å². The van der Waals surface area contributed by atoms with Gasteiger partial charge in [-0.25, -0.2) is 13.4 Å². The Balaban J connectivity index is 1.68. The van der Waals surface area contributed by atoms with Gasteiger partial charge in [-0.1, -0.05) is 48.0 Å². The zero-order chi connectivity index (χ0) is 21.7. The van der Waals surface area contributed by atoms with Gasteiger partial charge in [-0.15, -0.1) is 11.3 Å². The molecule has 0 aliphatic carbocycles. The molecule has 3 aromatic rings. The highest BCUT2D eigenvalue weighted by Crippen LogP contribution is 2.26. The predicted molar refractivity (Wildman–Crippen MR) is 120 cm³/mol. The molecule has 30 heavy (non-hydrogen) atoms. The molecular weight excluding hydrogens is 442 g/mol. The number of rotatable bonds is 8. The van der Waals surface area contributed by atoms with E-state index >= 15 is 0 Å². The zero-order valence-electron chi connectivity index (χ0n) is 16.6. The number of halogens is 1. The van der Waals surface area contributed by atoms with Crippen molar-refractivity contribution in [3.63, 3.8) is 0 Å². The number of hydrogen-bond acceptors (Lipinski definition) is 5. The molecule has 0 spiro atoms. The molecule has 3 rings (SSSR count). The van der Waals surface area contributed by atoms with Crippen LogP contribution in [0.5, 0.6) is 0 Å². The summed E-state index contributed by atoms with van der Waals surface area (Å²) in [5.74, 6) is -0.0632. The SMILES string of the molecule is CCN(Cc1ccccc1)C(=O)Cc1csc(NS(=O)(=O)c2cccc(Cl)c2C)n1. The molecule has 0 saturated heterocycles. The first-order chi connectivity index (χ1) is 14.3. The van der Waals surface area contributed by atoms with Gasteiger partial charge in [0.2, 0.25) is 5.91 Å². The van der Waals surface area contributed by atoms with Crippen LogP contribution < -0.4 is 4.72 Å². The van der Waals surface area contributed by atoms with Gasteiger partial charge in [-0.2, -0.15) is 0 Å². The number of sulfonamides is 1. The van der Waals surface area contributed by atoms with E-state index in [0.717, 1.165) is 16.9 Å². The summed E-state index contributed by atoms with van der Waals surface area (Å²) in [5.41, 5.74) is 2.05. The summed E-state index contributed by atoms with van der Waals surface area (Å²) in [6.45, 7) is 4.67. The van der Waals surface area contributed by atoms with Crippen LogP contribution >= 0.6 is 22.9 Å². The van der Waals surface area contributed by atoms with E-state index in [1.165, 1.54) is 6.07 Å². The second kappa shape index (κ2) is 9.59. The molecule has 158 valence electrons. The summed E-state index contributed by atoms with van der Waals surface area (Å²) in [7, 11) is -3.83. The molecule has 2 aromatic carbocycles. The zero-order valence-corrected chi connectivity index (χ0v) is 19.0. The van der Waals surface area contributed by atoms with Gasteiger partial charge in [0.25, 0.3) is 10.0 Å². The first-order valence-corrected chi connectivity index (χ1v) is 12.1. The largest absolute Gasteiger partial charge is 0.338 e. The number of aromatic nitrogens is 1. The van der Waals surface area contributed by atoms with Crippen molar-refractivity contribution in [1.82, 2.24) is 9.88 Å². The average molecular weight is 464 g/mol. The van der Waals surface area contributed by atoms with E-state index in [1.807, 2.05) is 37.3 Å². The Kier molecular flexibility index (Phi) is 7.12. The molecule has 0 saturated carbocycles.